The van der Waals surface area contributed by atoms with Crippen LogP contribution in [0.4, 0.5) is 0 Å². The van der Waals surface area contributed by atoms with E-state index in [2.05, 4.69) is 126 Å². The SMILES string of the molecule is c1ccc(-c2nc(-c3ccccc3)nc(-c3ccc4c5c(cccc35)-c3cc(-n5c6ccc7ccccc7c6c6c7ccccc7ccc65)ccc3O4)n2)cc1. The monoisotopic (exact) mass is 714 g/mol. The van der Waals surface area contributed by atoms with Gasteiger partial charge in [-0.05, 0) is 75.0 Å². The van der Waals surface area contributed by atoms with E-state index in [1.807, 2.05) is 60.7 Å². The van der Waals surface area contributed by atoms with Crippen LogP contribution in [0.3, 0.4) is 0 Å². The van der Waals surface area contributed by atoms with Crippen molar-refractivity contribution >= 4 is 54.1 Å². The Bertz CT molecular complexity index is 3240. The average Bonchev–Trinajstić information content (AvgIpc) is 3.62. The van der Waals surface area contributed by atoms with Crippen LogP contribution < -0.4 is 4.74 Å². The van der Waals surface area contributed by atoms with Crippen LogP contribution in [0.15, 0.2) is 182 Å². The summed E-state index contributed by atoms with van der Waals surface area (Å²) < 4.78 is 9.14. The lowest BCUT2D eigenvalue weighted by molar-refractivity contribution is 0.487. The minimum Gasteiger partial charge on any atom is -0.456 e. The van der Waals surface area contributed by atoms with Gasteiger partial charge in [0.1, 0.15) is 11.5 Å². The van der Waals surface area contributed by atoms with E-state index >= 15 is 0 Å². The maximum Gasteiger partial charge on any atom is 0.164 e. The molecule has 1 aliphatic rings. The largest absolute Gasteiger partial charge is 0.456 e. The number of hydrogen-bond donors (Lipinski definition) is 0. The first-order valence-corrected chi connectivity index (χ1v) is 18.9. The zero-order valence-electron chi connectivity index (χ0n) is 30.0. The summed E-state index contributed by atoms with van der Waals surface area (Å²) in [6.07, 6.45) is 0. The zero-order valence-corrected chi connectivity index (χ0v) is 30.0. The Morgan fingerprint density at radius 1 is 0.357 bits per heavy atom. The molecule has 0 fully saturated rings. The maximum absolute atomic E-state index is 6.73. The molecule has 56 heavy (non-hydrogen) atoms. The summed E-state index contributed by atoms with van der Waals surface area (Å²) in [4.78, 5) is 15.1. The van der Waals surface area contributed by atoms with Crippen molar-refractivity contribution < 1.29 is 4.74 Å². The molecule has 0 amide bonds. The molecule has 0 aliphatic carbocycles. The molecule has 1 aliphatic heterocycles. The number of ether oxygens (including phenoxy) is 1. The third-order valence-corrected chi connectivity index (χ3v) is 11.2. The van der Waals surface area contributed by atoms with Crippen molar-refractivity contribution in [2.24, 2.45) is 0 Å². The summed E-state index contributed by atoms with van der Waals surface area (Å²) in [5.74, 6) is 3.53. The van der Waals surface area contributed by atoms with Gasteiger partial charge >= 0.3 is 0 Å². The van der Waals surface area contributed by atoms with Crippen LogP contribution in [0, 0.1) is 0 Å². The van der Waals surface area contributed by atoms with E-state index in [4.69, 9.17) is 19.7 Å². The Morgan fingerprint density at radius 2 is 0.911 bits per heavy atom. The van der Waals surface area contributed by atoms with Gasteiger partial charge in [-0.25, -0.2) is 15.0 Å². The Balaban J connectivity index is 1.08. The predicted molar refractivity (Wildman–Crippen MR) is 229 cm³/mol. The molecule has 0 saturated heterocycles. The van der Waals surface area contributed by atoms with E-state index in [0.29, 0.717) is 17.5 Å². The van der Waals surface area contributed by atoms with Gasteiger partial charge in [-0.3, -0.25) is 0 Å². The van der Waals surface area contributed by atoms with E-state index in [9.17, 15) is 0 Å². The lowest BCUT2D eigenvalue weighted by atomic mass is 9.92. The van der Waals surface area contributed by atoms with E-state index in [1.54, 1.807) is 0 Å². The maximum atomic E-state index is 6.73. The highest BCUT2D eigenvalue weighted by Gasteiger charge is 2.25. The van der Waals surface area contributed by atoms with Gasteiger partial charge in [-0.2, -0.15) is 0 Å². The molecule has 2 aromatic heterocycles. The Hall–Kier alpha value is -7.63. The summed E-state index contributed by atoms with van der Waals surface area (Å²) in [7, 11) is 0. The third kappa shape index (κ3) is 4.58. The molecule has 0 radical (unpaired) electrons. The topological polar surface area (TPSA) is 52.8 Å². The van der Waals surface area contributed by atoms with Gasteiger partial charge in [-0.1, -0.05) is 140 Å². The van der Waals surface area contributed by atoms with Gasteiger partial charge in [0.05, 0.1) is 11.0 Å². The predicted octanol–water partition coefficient (Wildman–Crippen LogP) is 13.2. The molecule has 0 unspecified atom stereocenters. The molecule has 0 saturated carbocycles. The van der Waals surface area contributed by atoms with Gasteiger partial charge in [0, 0.05) is 44.1 Å². The molecule has 12 rings (SSSR count). The molecule has 0 N–H and O–H groups in total. The van der Waals surface area contributed by atoms with Crippen LogP contribution in [-0.2, 0) is 0 Å². The molecular formula is C51H30N4O. The Kier molecular flexibility index (Phi) is 6.56. The third-order valence-electron chi connectivity index (χ3n) is 11.2. The highest BCUT2D eigenvalue weighted by atomic mass is 16.5. The molecule has 260 valence electrons. The molecule has 11 aromatic rings. The van der Waals surface area contributed by atoms with Crippen molar-refractivity contribution in [2.45, 2.75) is 0 Å². The zero-order chi connectivity index (χ0) is 36.7. The van der Waals surface area contributed by atoms with Crippen LogP contribution in [0.25, 0.3) is 105 Å². The first-order chi connectivity index (χ1) is 27.8. The molecule has 3 heterocycles. The first-order valence-electron chi connectivity index (χ1n) is 18.9. The van der Waals surface area contributed by atoms with Crippen LogP contribution >= 0.6 is 0 Å². The molecule has 0 atom stereocenters. The molecule has 0 spiro atoms. The lowest BCUT2D eigenvalue weighted by Crippen LogP contribution is -2.03. The Labute approximate surface area is 321 Å². The summed E-state index contributed by atoms with van der Waals surface area (Å²) >= 11 is 0. The van der Waals surface area contributed by atoms with E-state index in [1.165, 1.54) is 43.4 Å². The van der Waals surface area contributed by atoms with Crippen molar-refractivity contribution in [3.05, 3.63) is 182 Å². The minimum atomic E-state index is 0.616. The van der Waals surface area contributed by atoms with Crippen molar-refractivity contribution in [1.29, 1.82) is 0 Å². The van der Waals surface area contributed by atoms with Crippen molar-refractivity contribution in [3.8, 4) is 62.5 Å². The molecule has 0 bridgehead atoms. The molecular weight excluding hydrogens is 685 g/mol. The summed E-state index contributed by atoms with van der Waals surface area (Å²) in [6, 6.07) is 63.8. The fraction of sp³-hybridized carbons (Fsp3) is 0. The van der Waals surface area contributed by atoms with Gasteiger partial charge in [0.15, 0.2) is 17.5 Å². The second-order valence-electron chi connectivity index (χ2n) is 14.4. The number of benzene rings is 9. The van der Waals surface area contributed by atoms with Crippen molar-refractivity contribution in [2.75, 3.05) is 0 Å². The number of rotatable bonds is 4. The van der Waals surface area contributed by atoms with Gasteiger partial charge in [-0.15, -0.1) is 0 Å². The van der Waals surface area contributed by atoms with Crippen LogP contribution in [-0.4, -0.2) is 19.5 Å². The summed E-state index contributed by atoms with van der Waals surface area (Å²) in [5.41, 5.74) is 8.37. The van der Waals surface area contributed by atoms with Gasteiger partial charge < -0.3 is 9.30 Å². The molecule has 5 nitrogen and oxygen atoms in total. The van der Waals surface area contributed by atoms with Crippen LogP contribution in [0.1, 0.15) is 0 Å². The molecule has 9 aromatic carbocycles. The van der Waals surface area contributed by atoms with Crippen LogP contribution in [0.2, 0.25) is 0 Å². The van der Waals surface area contributed by atoms with Gasteiger partial charge in [0.2, 0.25) is 0 Å². The highest BCUT2D eigenvalue weighted by Crippen LogP contribution is 2.50. The fourth-order valence-electron chi connectivity index (χ4n) is 8.71. The van der Waals surface area contributed by atoms with E-state index in [-0.39, 0.29) is 0 Å². The minimum absolute atomic E-state index is 0.616. The second kappa shape index (κ2) is 11.9. The van der Waals surface area contributed by atoms with E-state index in [0.717, 1.165) is 55.8 Å². The Morgan fingerprint density at radius 3 is 1.55 bits per heavy atom. The van der Waals surface area contributed by atoms with Gasteiger partial charge in [0.25, 0.3) is 0 Å². The van der Waals surface area contributed by atoms with Crippen LogP contribution in [0.5, 0.6) is 11.5 Å². The second-order valence-corrected chi connectivity index (χ2v) is 14.4. The average molecular weight is 715 g/mol. The normalized spacial score (nSPS) is 12.1. The van der Waals surface area contributed by atoms with Crippen molar-refractivity contribution in [3.63, 3.8) is 0 Å². The number of fused-ring (bicyclic) bond motifs is 9. The summed E-state index contributed by atoms with van der Waals surface area (Å²) in [6.45, 7) is 0. The molecule has 5 heteroatoms. The first kappa shape index (κ1) is 30.8. The number of nitrogens with zero attached hydrogens (tertiary/aromatic N) is 4. The number of aromatic nitrogens is 4. The van der Waals surface area contributed by atoms with Crippen molar-refractivity contribution in [1.82, 2.24) is 19.5 Å². The number of hydrogen-bond acceptors (Lipinski definition) is 4. The van der Waals surface area contributed by atoms with E-state index < -0.39 is 0 Å². The highest BCUT2D eigenvalue weighted by molar-refractivity contribution is 6.28. The fourth-order valence-corrected chi connectivity index (χ4v) is 8.71. The lowest BCUT2D eigenvalue weighted by Gasteiger charge is -2.23. The quantitative estimate of drug-likeness (QED) is 0.182. The standard InChI is InChI=1S/C51H30N4O/c1-3-14-33(15-4-1)49-52-50(34-16-5-2-6-17-34)54-51(53-49)40-25-29-45-46-38(40)20-11-21-39(46)41-30-35(24-28-44(41)56-45)55-42-26-22-31-12-7-9-18-36(31)47(42)48-37-19-10-8-13-32(37)23-27-43(48)55/h1-30H. The summed E-state index contributed by atoms with van der Waals surface area (Å²) in [5, 5.41) is 9.56. The smallest absolute Gasteiger partial charge is 0.164 e.